The monoisotopic (exact) mass is 364 g/mol. The van der Waals surface area contributed by atoms with Crippen LogP contribution in [0.3, 0.4) is 0 Å². The van der Waals surface area contributed by atoms with Crippen LogP contribution in [0.25, 0.3) is 0 Å². The Labute approximate surface area is 151 Å². The van der Waals surface area contributed by atoms with E-state index in [9.17, 15) is 9.50 Å². The van der Waals surface area contributed by atoms with Gasteiger partial charge in [0.25, 0.3) is 0 Å². The summed E-state index contributed by atoms with van der Waals surface area (Å²) in [6, 6.07) is 6.11. The number of rotatable bonds is 6. The fourth-order valence-electron chi connectivity index (χ4n) is 3.20. The van der Waals surface area contributed by atoms with Crippen LogP contribution in [-0.4, -0.2) is 46.2 Å². The Morgan fingerprint density at radius 3 is 2.44 bits per heavy atom. The zero-order valence-electron chi connectivity index (χ0n) is 14.0. The molecule has 2 N–H and O–H groups in total. The highest BCUT2D eigenvalue weighted by molar-refractivity contribution is 6.30. The zero-order valence-corrected chi connectivity index (χ0v) is 14.7. The number of nitrogens with zero attached hydrogens (tertiary/aromatic N) is 3. The Balaban J connectivity index is 1.73. The van der Waals surface area contributed by atoms with Gasteiger partial charge in [-0.05, 0) is 30.5 Å². The average molecular weight is 365 g/mol. The van der Waals surface area contributed by atoms with Gasteiger partial charge in [0.1, 0.15) is 17.4 Å². The lowest BCUT2D eigenvalue weighted by Crippen LogP contribution is -2.54. The minimum atomic E-state index is -1.12. The molecule has 0 saturated carbocycles. The van der Waals surface area contributed by atoms with Gasteiger partial charge < -0.3 is 10.4 Å². The van der Waals surface area contributed by atoms with Gasteiger partial charge in [-0.3, -0.25) is 4.90 Å². The molecule has 2 aromatic rings. The van der Waals surface area contributed by atoms with Crippen LogP contribution in [-0.2, 0) is 12.1 Å². The van der Waals surface area contributed by atoms with Crippen molar-refractivity contribution in [1.29, 1.82) is 0 Å². The van der Waals surface area contributed by atoms with Gasteiger partial charge >= 0.3 is 0 Å². The standard InChI is InChI=1S/C18H22ClFN4O/c19-15-12-22-17(23-13-15)2-1-7-18(25,24-10-8-21-9-11-24)14-3-5-16(20)6-4-14/h3-6,12-13,21,25H,1-2,7-11H2. The number of benzene rings is 1. The van der Waals surface area contributed by atoms with E-state index in [1.165, 1.54) is 12.1 Å². The van der Waals surface area contributed by atoms with E-state index in [1.54, 1.807) is 24.5 Å². The number of nitrogens with one attached hydrogen (secondary N) is 1. The van der Waals surface area contributed by atoms with E-state index < -0.39 is 5.72 Å². The lowest BCUT2D eigenvalue weighted by Gasteiger charge is -2.42. The van der Waals surface area contributed by atoms with Crippen LogP contribution in [0.2, 0.25) is 5.02 Å². The summed E-state index contributed by atoms with van der Waals surface area (Å²) in [6.45, 7) is 3.13. The van der Waals surface area contributed by atoms with Crippen LogP contribution in [0, 0.1) is 5.82 Å². The van der Waals surface area contributed by atoms with Crippen molar-refractivity contribution in [2.24, 2.45) is 0 Å². The van der Waals surface area contributed by atoms with Crippen molar-refractivity contribution in [3.8, 4) is 0 Å². The van der Waals surface area contributed by atoms with Gasteiger partial charge in [0, 0.05) is 45.0 Å². The second-order valence-corrected chi connectivity index (χ2v) is 6.67. The lowest BCUT2D eigenvalue weighted by atomic mass is 9.94. The maximum Gasteiger partial charge on any atom is 0.144 e. The molecule has 1 saturated heterocycles. The molecule has 0 amide bonds. The summed E-state index contributed by atoms with van der Waals surface area (Å²) >= 11 is 5.80. The van der Waals surface area contributed by atoms with Crippen LogP contribution < -0.4 is 5.32 Å². The Morgan fingerprint density at radius 1 is 1.16 bits per heavy atom. The van der Waals surface area contributed by atoms with Gasteiger partial charge in [0.15, 0.2) is 0 Å². The summed E-state index contributed by atoms with van der Waals surface area (Å²) in [5.41, 5.74) is -0.407. The Bertz CT molecular complexity index is 676. The second-order valence-electron chi connectivity index (χ2n) is 6.23. The van der Waals surface area contributed by atoms with Gasteiger partial charge in [-0.1, -0.05) is 23.7 Å². The second kappa shape index (κ2) is 8.19. The molecular weight excluding hydrogens is 343 g/mol. The summed E-state index contributed by atoms with van der Waals surface area (Å²) in [6.07, 6.45) is 5.02. The molecule has 1 aliphatic rings. The van der Waals surface area contributed by atoms with Crippen molar-refractivity contribution in [1.82, 2.24) is 20.2 Å². The van der Waals surface area contributed by atoms with E-state index in [0.29, 0.717) is 35.7 Å². The third-order valence-corrected chi connectivity index (χ3v) is 4.74. The first-order valence-electron chi connectivity index (χ1n) is 8.48. The molecule has 1 atom stereocenters. The maximum atomic E-state index is 13.3. The molecule has 2 heterocycles. The van der Waals surface area contributed by atoms with Gasteiger partial charge in [0.2, 0.25) is 0 Å². The highest BCUT2D eigenvalue weighted by Gasteiger charge is 2.36. The molecule has 1 aromatic heterocycles. The van der Waals surface area contributed by atoms with E-state index in [1.807, 2.05) is 0 Å². The molecule has 1 fully saturated rings. The lowest BCUT2D eigenvalue weighted by molar-refractivity contribution is -0.127. The minimum Gasteiger partial charge on any atom is -0.371 e. The Morgan fingerprint density at radius 2 is 1.80 bits per heavy atom. The number of piperazine rings is 1. The SMILES string of the molecule is OC(CCCc1ncc(Cl)cn1)(c1ccc(F)cc1)N1CCNCC1. The third-order valence-electron chi connectivity index (χ3n) is 4.55. The molecule has 0 aliphatic carbocycles. The van der Waals surface area contributed by atoms with E-state index in [4.69, 9.17) is 11.6 Å². The van der Waals surface area contributed by atoms with Crippen LogP contribution in [0.5, 0.6) is 0 Å². The normalized spacial score (nSPS) is 18.0. The number of halogens is 2. The number of hydrogen-bond acceptors (Lipinski definition) is 5. The molecular formula is C18H22ClFN4O. The Kier molecular flexibility index (Phi) is 5.96. The average Bonchev–Trinajstić information content (AvgIpc) is 2.64. The van der Waals surface area contributed by atoms with Crippen molar-refractivity contribution in [2.75, 3.05) is 26.2 Å². The molecule has 7 heteroatoms. The summed E-state index contributed by atoms with van der Waals surface area (Å²) in [7, 11) is 0. The number of hydrogen-bond donors (Lipinski definition) is 2. The summed E-state index contributed by atoms with van der Waals surface area (Å²) in [5.74, 6) is 0.396. The predicted molar refractivity (Wildman–Crippen MR) is 94.7 cm³/mol. The molecule has 1 unspecified atom stereocenters. The van der Waals surface area contributed by atoms with Crippen molar-refractivity contribution >= 4 is 11.6 Å². The topological polar surface area (TPSA) is 61.3 Å². The number of aliphatic hydroxyl groups is 1. The van der Waals surface area contributed by atoms with E-state index >= 15 is 0 Å². The van der Waals surface area contributed by atoms with Crippen LogP contribution >= 0.6 is 11.6 Å². The highest BCUT2D eigenvalue weighted by atomic mass is 35.5. The van der Waals surface area contributed by atoms with Gasteiger partial charge in [-0.15, -0.1) is 0 Å². The quantitative estimate of drug-likeness (QED) is 0.823. The van der Waals surface area contributed by atoms with Gasteiger partial charge in [-0.2, -0.15) is 0 Å². The molecule has 5 nitrogen and oxygen atoms in total. The summed E-state index contributed by atoms with van der Waals surface area (Å²) in [5, 5.41) is 15.2. The molecule has 0 spiro atoms. The molecule has 1 aliphatic heterocycles. The maximum absolute atomic E-state index is 13.3. The minimum absolute atomic E-state index is 0.305. The molecule has 25 heavy (non-hydrogen) atoms. The molecule has 1 aromatic carbocycles. The first-order valence-corrected chi connectivity index (χ1v) is 8.86. The van der Waals surface area contributed by atoms with Crippen LogP contribution in [0.15, 0.2) is 36.7 Å². The highest BCUT2D eigenvalue weighted by Crippen LogP contribution is 2.31. The summed E-state index contributed by atoms with van der Waals surface area (Å²) in [4.78, 5) is 10.4. The predicted octanol–water partition coefficient (Wildman–Crippen LogP) is 2.34. The van der Waals surface area contributed by atoms with Crippen LogP contribution in [0.4, 0.5) is 4.39 Å². The van der Waals surface area contributed by atoms with Crippen molar-refractivity contribution < 1.29 is 9.50 Å². The molecule has 0 bridgehead atoms. The zero-order chi connectivity index (χ0) is 17.7. The fraction of sp³-hybridized carbons (Fsp3) is 0.444. The van der Waals surface area contributed by atoms with Gasteiger partial charge in [-0.25, -0.2) is 14.4 Å². The van der Waals surface area contributed by atoms with E-state index in [0.717, 1.165) is 26.2 Å². The molecule has 3 rings (SSSR count). The smallest absolute Gasteiger partial charge is 0.144 e. The van der Waals surface area contributed by atoms with Crippen molar-refractivity contribution in [3.63, 3.8) is 0 Å². The Hall–Kier alpha value is -1.60. The number of aryl methyl sites for hydroxylation is 1. The largest absolute Gasteiger partial charge is 0.371 e. The van der Waals surface area contributed by atoms with E-state index in [-0.39, 0.29) is 5.82 Å². The first-order chi connectivity index (χ1) is 12.1. The van der Waals surface area contributed by atoms with Crippen LogP contribution in [0.1, 0.15) is 24.2 Å². The number of aromatic nitrogens is 2. The fourth-order valence-corrected chi connectivity index (χ4v) is 3.30. The summed E-state index contributed by atoms with van der Waals surface area (Å²) < 4.78 is 13.3. The van der Waals surface area contributed by atoms with Crippen molar-refractivity contribution in [2.45, 2.75) is 25.0 Å². The molecule has 134 valence electrons. The molecule has 0 radical (unpaired) electrons. The van der Waals surface area contributed by atoms with E-state index in [2.05, 4.69) is 20.2 Å². The third kappa shape index (κ3) is 4.52. The first kappa shape index (κ1) is 18.2. The van der Waals surface area contributed by atoms with Crippen molar-refractivity contribution in [3.05, 3.63) is 58.9 Å². The van der Waals surface area contributed by atoms with Gasteiger partial charge in [0.05, 0.1) is 5.02 Å².